The molecule has 0 N–H and O–H groups in total. The number of aryl methyl sites for hydroxylation is 1. The Bertz CT molecular complexity index is 686. The lowest BCUT2D eigenvalue weighted by Gasteiger charge is -2.27. The molecule has 1 aliphatic carbocycles. The number of carbonyl (C=O) groups excluding carboxylic acids is 1. The highest BCUT2D eigenvalue weighted by atomic mass is 32.1. The number of amides is 1. The van der Waals surface area contributed by atoms with Gasteiger partial charge in [0.2, 0.25) is 5.91 Å². The molecular formula is C17H22N4OS. The second kappa shape index (κ2) is 7.08. The van der Waals surface area contributed by atoms with E-state index in [1.54, 1.807) is 16.2 Å². The fourth-order valence-electron chi connectivity index (χ4n) is 2.78. The maximum absolute atomic E-state index is 12.2. The van der Waals surface area contributed by atoms with E-state index < -0.39 is 0 Å². The predicted octanol–water partition coefficient (Wildman–Crippen LogP) is 3.16. The highest BCUT2D eigenvalue weighted by molar-refractivity contribution is 7.09. The Kier molecular flexibility index (Phi) is 4.91. The van der Waals surface area contributed by atoms with Crippen LogP contribution >= 0.6 is 11.3 Å². The summed E-state index contributed by atoms with van der Waals surface area (Å²) in [5.74, 6) is 0.659. The zero-order chi connectivity index (χ0) is 16.2. The van der Waals surface area contributed by atoms with Crippen LogP contribution in [0.4, 0.5) is 0 Å². The van der Waals surface area contributed by atoms with Gasteiger partial charge in [-0.05, 0) is 37.8 Å². The lowest BCUT2D eigenvalue weighted by molar-refractivity contribution is -0.127. The number of aromatic nitrogens is 3. The van der Waals surface area contributed by atoms with Crippen LogP contribution < -0.4 is 0 Å². The Hall–Kier alpha value is -1.95. The molecule has 5 nitrogen and oxygen atoms in total. The van der Waals surface area contributed by atoms with Crippen LogP contribution in [-0.2, 0) is 24.4 Å². The Balaban J connectivity index is 1.73. The van der Waals surface area contributed by atoms with E-state index in [1.165, 1.54) is 25.3 Å². The van der Waals surface area contributed by atoms with Crippen LogP contribution in [0.2, 0.25) is 0 Å². The summed E-state index contributed by atoms with van der Waals surface area (Å²) in [5.41, 5.74) is 3.84. The topological polar surface area (TPSA) is 51.0 Å². The fraction of sp³-hybridized carbons (Fsp3) is 0.471. The van der Waals surface area contributed by atoms with Gasteiger partial charge in [0.05, 0.1) is 30.0 Å². The quantitative estimate of drug-likeness (QED) is 0.733. The zero-order valence-corrected chi connectivity index (χ0v) is 14.3. The molecule has 2 aromatic heterocycles. The van der Waals surface area contributed by atoms with E-state index in [2.05, 4.69) is 16.7 Å². The van der Waals surface area contributed by atoms with Gasteiger partial charge in [-0.1, -0.05) is 13.0 Å². The molecule has 0 bridgehead atoms. The van der Waals surface area contributed by atoms with Crippen molar-refractivity contribution >= 4 is 17.2 Å². The van der Waals surface area contributed by atoms with E-state index in [1.807, 2.05) is 29.4 Å². The van der Waals surface area contributed by atoms with Gasteiger partial charge in [-0.15, -0.1) is 11.3 Å². The number of carbonyl (C=O) groups is 1. The van der Waals surface area contributed by atoms with Crippen molar-refractivity contribution in [1.82, 2.24) is 19.7 Å². The minimum Gasteiger partial charge on any atom is -0.327 e. The molecule has 0 radical (unpaired) electrons. The first-order valence-corrected chi connectivity index (χ1v) is 8.86. The van der Waals surface area contributed by atoms with Crippen molar-refractivity contribution in [3.05, 3.63) is 46.7 Å². The van der Waals surface area contributed by atoms with Crippen LogP contribution in [0, 0.1) is 12.8 Å². The second-order valence-corrected chi connectivity index (χ2v) is 7.11. The van der Waals surface area contributed by atoms with Gasteiger partial charge in [0, 0.05) is 17.6 Å². The second-order valence-electron chi connectivity index (χ2n) is 6.06. The number of nitrogens with zero attached hydrogens (tertiary/aromatic N) is 4. The Morgan fingerprint density at radius 3 is 2.96 bits per heavy atom. The number of hydrogen-bond donors (Lipinski definition) is 0. The minimum absolute atomic E-state index is 0.0752. The van der Waals surface area contributed by atoms with Crippen molar-refractivity contribution in [3.8, 4) is 0 Å². The summed E-state index contributed by atoms with van der Waals surface area (Å²) in [6.45, 7) is 7.65. The third-order valence-electron chi connectivity index (χ3n) is 4.48. The molecular weight excluding hydrogens is 308 g/mol. The van der Waals surface area contributed by atoms with Crippen molar-refractivity contribution < 1.29 is 4.79 Å². The van der Waals surface area contributed by atoms with E-state index in [4.69, 9.17) is 0 Å². The standard InChI is InChI=1S/C17H22N4OS/c1-3-17(22)20(11-16-13(2)23-12-18-16)10-15-7-8-19-21(15)9-14-5-4-6-14/h3,7-8,12,14H,1,4-6,9-11H2,2H3. The molecule has 0 unspecified atom stereocenters. The van der Waals surface area contributed by atoms with Gasteiger partial charge in [-0.3, -0.25) is 9.48 Å². The Morgan fingerprint density at radius 1 is 1.52 bits per heavy atom. The number of thiazole rings is 1. The summed E-state index contributed by atoms with van der Waals surface area (Å²) >= 11 is 1.60. The van der Waals surface area contributed by atoms with E-state index in [0.29, 0.717) is 13.1 Å². The van der Waals surface area contributed by atoms with E-state index >= 15 is 0 Å². The molecule has 0 aromatic carbocycles. The van der Waals surface area contributed by atoms with Crippen LogP contribution in [0.1, 0.15) is 35.5 Å². The van der Waals surface area contributed by atoms with Gasteiger partial charge in [0.1, 0.15) is 0 Å². The molecule has 0 atom stereocenters. The van der Waals surface area contributed by atoms with Crippen molar-refractivity contribution in [2.24, 2.45) is 5.92 Å². The van der Waals surface area contributed by atoms with Crippen LogP contribution in [0.3, 0.4) is 0 Å². The molecule has 0 spiro atoms. The van der Waals surface area contributed by atoms with Crippen molar-refractivity contribution in [1.29, 1.82) is 0 Å². The molecule has 122 valence electrons. The first-order valence-electron chi connectivity index (χ1n) is 7.98. The van der Waals surface area contributed by atoms with Crippen LogP contribution in [0.25, 0.3) is 0 Å². The van der Waals surface area contributed by atoms with Crippen LogP contribution in [-0.4, -0.2) is 25.6 Å². The number of rotatable bonds is 7. The van der Waals surface area contributed by atoms with Gasteiger partial charge in [-0.25, -0.2) is 4.98 Å². The van der Waals surface area contributed by atoms with Gasteiger partial charge in [0.25, 0.3) is 0 Å². The molecule has 1 amide bonds. The maximum Gasteiger partial charge on any atom is 0.246 e. The molecule has 1 aliphatic rings. The van der Waals surface area contributed by atoms with Crippen LogP contribution in [0.15, 0.2) is 30.4 Å². The molecule has 0 saturated heterocycles. The van der Waals surface area contributed by atoms with Crippen molar-refractivity contribution in [3.63, 3.8) is 0 Å². The minimum atomic E-state index is -0.0752. The summed E-state index contributed by atoms with van der Waals surface area (Å²) in [6, 6.07) is 2.00. The summed E-state index contributed by atoms with van der Waals surface area (Å²) in [5, 5.41) is 4.43. The zero-order valence-electron chi connectivity index (χ0n) is 13.4. The predicted molar refractivity (Wildman–Crippen MR) is 90.9 cm³/mol. The molecule has 1 fully saturated rings. The molecule has 3 rings (SSSR count). The highest BCUT2D eigenvalue weighted by Gasteiger charge is 2.21. The van der Waals surface area contributed by atoms with Crippen molar-refractivity contribution in [2.45, 2.75) is 45.8 Å². The average Bonchev–Trinajstić information content (AvgIpc) is 3.11. The summed E-state index contributed by atoms with van der Waals surface area (Å²) in [7, 11) is 0. The third-order valence-corrected chi connectivity index (χ3v) is 5.28. The normalized spacial score (nSPS) is 14.5. The molecule has 2 heterocycles. The summed E-state index contributed by atoms with van der Waals surface area (Å²) in [6.07, 6.45) is 7.08. The lowest BCUT2D eigenvalue weighted by Crippen LogP contribution is -2.30. The smallest absolute Gasteiger partial charge is 0.246 e. The molecule has 23 heavy (non-hydrogen) atoms. The van der Waals surface area contributed by atoms with E-state index in [-0.39, 0.29) is 5.91 Å². The monoisotopic (exact) mass is 330 g/mol. The lowest BCUT2D eigenvalue weighted by atomic mass is 9.85. The summed E-state index contributed by atoms with van der Waals surface area (Å²) < 4.78 is 2.04. The Morgan fingerprint density at radius 2 is 2.35 bits per heavy atom. The van der Waals surface area contributed by atoms with Gasteiger partial charge in [0.15, 0.2) is 0 Å². The molecule has 2 aromatic rings. The van der Waals surface area contributed by atoms with Gasteiger partial charge < -0.3 is 4.90 Å². The molecule has 6 heteroatoms. The number of hydrogen-bond acceptors (Lipinski definition) is 4. The van der Waals surface area contributed by atoms with E-state index in [0.717, 1.165) is 28.7 Å². The Labute approximate surface area is 140 Å². The van der Waals surface area contributed by atoms with Crippen LogP contribution in [0.5, 0.6) is 0 Å². The first-order chi connectivity index (χ1) is 11.2. The third kappa shape index (κ3) is 3.69. The van der Waals surface area contributed by atoms with Crippen molar-refractivity contribution in [2.75, 3.05) is 0 Å². The molecule has 0 aliphatic heterocycles. The largest absolute Gasteiger partial charge is 0.327 e. The highest BCUT2D eigenvalue weighted by Crippen LogP contribution is 2.28. The van der Waals surface area contributed by atoms with E-state index in [9.17, 15) is 4.79 Å². The average molecular weight is 330 g/mol. The summed E-state index contributed by atoms with van der Waals surface area (Å²) in [4.78, 5) is 19.5. The van der Waals surface area contributed by atoms with Gasteiger partial charge in [-0.2, -0.15) is 5.10 Å². The molecule has 1 saturated carbocycles. The first kappa shape index (κ1) is 15.9. The maximum atomic E-state index is 12.2. The fourth-order valence-corrected chi connectivity index (χ4v) is 3.37. The van der Waals surface area contributed by atoms with Gasteiger partial charge >= 0.3 is 0 Å². The SMILES string of the molecule is C=CC(=O)N(Cc1ncsc1C)Cc1ccnn1CC1CCC1.